The molecule has 3 fully saturated rings. The van der Waals surface area contributed by atoms with E-state index in [0.29, 0.717) is 0 Å². The number of phosphoric acid groups is 1. The minimum Gasteiger partial charge on any atom is -0.394 e. The van der Waals surface area contributed by atoms with Crippen molar-refractivity contribution in [3.8, 4) is 0 Å². The predicted molar refractivity (Wildman–Crippen MR) is 70.2 cm³/mol. The van der Waals surface area contributed by atoms with E-state index in [0.717, 1.165) is 0 Å². The smallest absolute Gasteiger partial charge is 0.394 e. The molecule has 0 saturated carbocycles. The number of hydrogen-bond acceptors (Lipinski definition) is 11. The van der Waals surface area contributed by atoms with Crippen LogP contribution in [0.4, 0.5) is 0 Å². The van der Waals surface area contributed by atoms with Crippen LogP contribution in [-0.2, 0) is 27.8 Å². The Morgan fingerprint density at radius 3 is 2.38 bits per heavy atom. The predicted octanol–water partition coefficient (Wildman–Crippen LogP) is -3.60. The molecule has 10 atom stereocenters. The SMILES string of the molecule is O=P1(O)O[C@@H]2[C@H](O1)[C@@H](O)OC[C@H]2O[C@H]1O[C@H](CO)[C@@H](O)[C@H](O)[C@H]1O. The maximum absolute atomic E-state index is 11.5. The first-order chi connectivity index (χ1) is 11.2. The number of aliphatic hydroxyl groups is 5. The molecule has 3 rings (SSSR count). The molecule has 24 heavy (non-hydrogen) atoms. The van der Waals surface area contributed by atoms with Gasteiger partial charge in [0.2, 0.25) is 0 Å². The molecule has 0 aromatic carbocycles. The highest BCUT2D eigenvalue weighted by molar-refractivity contribution is 7.47. The lowest BCUT2D eigenvalue weighted by atomic mass is 9.99. The second-order valence-corrected chi connectivity index (χ2v) is 7.06. The van der Waals surface area contributed by atoms with Gasteiger partial charge in [-0.15, -0.1) is 0 Å². The third-order valence-corrected chi connectivity index (χ3v) is 5.09. The Bertz CT molecular complexity index is 501. The minimum absolute atomic E-state index is 0.277. The molecule has 0 aromatic rings. The fourth-order valence-corrected chi connectivity index (χ4v) is 3.94. The molecule has 0 amide bonds. The molecule has 0 aliphatic carbocycles. The van der Waals surface area contributed by atoms with E-state index in [1.165, 1.54) is 0 Å². The summed E-state index contributed by atoms with van der Waals surface area (Å²) in [5, 5.41) is 48.2. The van der Waals surface area contributed by atoms with E-state index < -0.39 is 69.7 Å². The Kier molecular flexibility index (Phi) is 5.29. The van der Waals surface area contributed by atoms with Crippen molar-refractivity contribution in [2.24, 2.45) is 0 Å². The Hall–Kier alpha value is -0.210. The van der Waals surface area contributed by atoms with E-state index in [4.69, 9.17) is 28.4 Å². The lowest BCUT2D eigenvalue weighted by molar-refractivity contribution is -0.332. The van der Waals surface area contributed by atoms with Crippen LogP contribution in [0.15, 0.2) is 0 Å². The molecule has 140 valence electrons. The highest BCUT2D eigenvalue weighted by Crippen LogP contribution is 2.55. The number of fused-ring (bicyclic) bond motifs is 1. The fourth-order valence-electron chi connectivity index (χ4n) is 2.80. The zero-order valence-electron chi connectivity index (χ0n) is 12.2. The van der Waals surface area contributed by atoms with Crippen molar-refractivity contribution in [2.45, 2.75) is 55.3 Å². The number of phosphoric ester groups is 1. The van der Waals surface area contributed by atoms with Gasteiger partial charge in [0.05, 0.1) is 13.2 Å². The van der Waals surface area contributed by atoms with Crippen LogP contribution in [0.3, 0.4) is 0 Å². The lowest BCUT2D eigenvalue weighted by Crippen LogP contribution is -2.61. The molecule has 13 heteroatoms. The Morgan fingerprint density at radius 2 is 1.71 bits per heavy atom. The topological polar surface area (TPSA) is 185 Å². The van der Waals surface area contributed by atoms with Crippen molar-refractivity contribution in [2.75, 3.05) is 13.2 Å². The third kappa shape index (κ3) is 3.38. The highest BCUT2D eigenvalue weighted by Gasteiger charge is 2.56. The number of ether oxygens (including phenoxy) is 3. The van der Waals surface area contributed by atoms with Crippen molar-refractivity contribution in [1.82, 2.24) is 0 Å². The van der Waals surface area contributed by atoms with Crippen LogP contribution in [0, 0.1) is 0 Å². The van der Waals surface area contributed by atoms with Gasteiger partial charge in [0.15, 0.2) is 12.6 Å². The van der Waals surface area contributed by atoms with Gasteiger partial charge in [0.1, 0.15) is 42.7 Å². The van der Waals surface area contributed by atoms with Gasteiger partial charge in [-0.2, -0.15) is 0 Å². The van der Waals surface area contributed by atoms with Gasteiger partial charge in [-0.3, -0.25) is 9.05 Å². The maximum atomic E-state index is 11.5. The summed E-state index contributed by atoms with van der Waals surface area (Å²) in [4.78, 5) is 9.38. The van der Waals surface area contributed by atoms with Gasteiger partial charge in [-0.1, -0.05) is 0 Å². The van der Waals surface area contributed by atoms with Crippen LogP contribution in [0.1, 0.15) is 0 Å². The molecule has 0 spiro atoms. The molecular weight excluding hydrogens is 355 g/mol. The molecular formula is C11H19O12P. The van der Waals surface area contributed by atoms with Crippen molar-refractivity contribution < 1.29 is 58.2 Å². The Morgan fingerprint density at radius 1 is 1.04 bits per heavy atom. The molecule has 6 N–H and O–H groups in total. The zero-order chi connectivity index (χ0) is 17.6. The average molecular weight is 374 g/mol. The maximum Gasteiger partial charge on any atom is 0.473 e. The van der Waals surface area contributed by atoms with Gasteiger partial charge in [0, 0.05) is 0 Å². The molecule has 3 aliphatic heterocycles. The molecule has 0 radical (unpaired) electrons. The Balaban J connectivity index is 1.72. The van der Waals surface area contributed by atoms with Gasteiger partial charge in [-0.05, 0) is 0 Å². The van der Waals surface area contributed by atoms with Crippen molar-refractivity contribution in [3.05, 3.63) is 0 Å². The van der Waals surface area contributed by atoms with E-state index in [1.54, 1.807) is 0 Å². The largest absolute Gasteiger partial charge is 0.473 e. The first-order valence-electron chi connectivity index (χ1n) is 7.19. The Labute approximate surface area is 135 Å². The number of rotatable bonds is 3. The lowest BCUT2D eigenvalue weighted by Gasteiger charge is -2.42. The second-order valence-electron chi connectivity index (χ2n) is 5.70. The first kappa shape index (κ1) is 18.6. The first-order valence-corrected chi connectivity index (χ1v) is 8.68. The van der Waals surface area contributed by atoms with E-state index >= 15 is 0 Å². The van der Waals surface area contributed by atoms with Crippen LogP contribution >= 0.6 is 7.82 Å². The van der Waals surface area contributed by atoms with Gasteiger partial charge in [-0.25, -0.2) is 4.57 Å². The fraction of sp³-hybridized carbons (Fsp3) is 1.00. The normalized spacial score (nSPS) is 55.3. The standard InChI is InChI=1S/C11H19O12P/c12-1-3-5(13)6(14)7(15)11(20-3)21-4-2-19-10(16)9-8(4)22-24(17,18)23-9/h3-16H,1-2H2,(H,17,18)/t3-,4-,5-,6+,7-,8+,9+,10+,11-/m1/s1. The monoisotopic (exact) mass is 374 g/mol. The highest BCUT2D eigenvalue weighted by atomic mass is 31.2. The summed E-state index contributed by atoms with van der Waals surface area (Å²) in [6, 6.07) is 0. The van der Waals surface area contributed by atoms with E-state index in [2.05, 4.69) is 0 Å². The molecule has 3 saturated heterocycles. The van der Waals surface area contributed by atoms with E-state index in [1.807, 2.05) is 0 Å². The molecule has 1 unspecified atom stereocenters. The van der Waals surface area contributed by atoms with Crippen LogP contribution in [0.5, 0.6) is 0 Å². The minimum atomic E-state index is -4.38. The van der Waals surface area contributed by atoms with Crippen molar-refractivity contribution in [1.29, 1.82) is 0 Å². The molecule has 3 heterocycles. The van der Waals surface area contributed by atoms with Crippen molar-refractivity contribution >= 4 is 7.82 Å². The summed E-state index contributed by atoms with van der Waals surface area (Å²) in [5.74, 6) is 0. The molecule has 0 aromatic heterocycles. The van der Waals surface area contributed by atoms with Crippen LogP contribution in [0.2, 0.25) is 0 Å². The summed E-state index contributed by atoms with van der Waals surface area (Å²) in [6.45, 7) is -0.914. The summed E-state index contributed by atoms with van der Waals surface area (Å²) >= 11 is 0. The molecule has 3 aliphatic rings. The molecule has 0 bridgehead atoms. The third-order valence-electron chi connectivity index (χ3n) is 4.07. The second kappa shape index (κ2) is 6.83. The van der Waals surface area contributed by atoms with Crippen LogP contribution in [-0.4, -0.2) is 98.9 Å². The molecule has 12 nitrogen and oxygen atoms in total. The summed E-state index contributed by atoms with van der Waals surface area (Å²) in [5.41, 5.74) is 0. The van der Waals surface area contributed by atoms with Crippen LogP contribution < -0.4 is 0 Å². The number of hydrogen-bond donors (Lipinski definition) is 6. The van der Waals surface area contributed by atoms with E-state index in [-0.39, 0.29) is 6.61 Å². The van der Waals surface area contributed by atoms with Crippen molar-refractivity contribution in [3.63, 3.8) is 0 Å². The summed E-state index contributed by atoms with van der Waals surface area (Å²) in [7, 11) is -4.38. The summed E-state index contributed by atoms with van der Waals surface area (Å²) < 4.78 is 36.6. The van der Waals surface area contributed by atoms with Gasteiger partial charge < -0.3 is 44.6 Å². The average Bonchev–Trinajstić information content (AvgIpc) is 2.86. The zero-order valence-corrected chi connectivity index (χ0v) is 13.1. The quantitative estimate of drug-likeness (QED) is 0.267. The number of aliphatic hydroxyl groups excluding tert-OH is 5. The van der Waals surface area contributed by atoms with Gasteiger partial charge in [0.25, 0.3) is 0 Å². The van der Waals surface area contributed by atoms with Gasteiger partial charge >= 0.3 is 7.82 Å². The van der Waals surface area contributed by atoms with Crippen LogP contribution in [0.25, 0.3) is 0 Å². The summed E-state index contributed by atoms with van der Waals surface area (Å²) in [6.07, 6.45) is -12.6. The van der Waals surface area contributed by atoms with E-state index in [9.17, 15) is 29.9 Å².